The molecular formula is C4H5KN2O2. The first-order chi connectivity index (χ1) is 3.80. The Hall–Kier alpha value is 0.316. The number of imidazole rings is 1. The number of carboxylic acid groups (broad SMARTS) is 1. The van der Waals surface area contributed by atoms with Crippen LogP contribution in [0.15, 0.2) is 12.5 Å². The molecule has 44 valence electrons. The Morgan fingerprint density at radius 1 is 1.78 bits per heavy atom. The molecule has 1 heterocycles. The van der Waals surface area contributed by atoms with Gasteiger partial charge in [-0.3, -0.25) is 0 Å². The summed E-state index contributed by atoms with van der Waals surface area (Å²) >= 11 is 0. The van der Waals surface area contributed by atoms with E-state index in [1.165, 1.54) is 12.5 Å². The summed E-state index contributed by atoms with van der Waals surface area (Å²) in [4.78, 5) is 15.9. The molecular weight excluding hydrogens is 147 g/mol. The zero-order valence-corrected chi connectivity index (χ0v) is 3.96. The van der Waals surface area contributed by atoms with Gasteiger partial charge in [-0.15, -0.1) is 0 Å². The van der Waals surface area contributed by atoms with Crippen LogP contribution < -0.4 is 0 Å². The van der Waals surface area contributed by atoms with Gasteiger partial charge in [0.05, 0.1) is 12.5 Å². The summed E-state index contributed by atoms with van der Waals surface area (Å²) in [5, 5.41) is 8.20. The molecule has 0 spiro atoms. The Labute approximate surface area is 94.1 Å². The Kier molecular flexibility index (Phi) is 4.33. The van der Waals surface area contributed by atoms with Crippen LogP contribution in [0.4, 0.5) is 0 Å². The minimum atomic E-state index is -0.984. The molecule has 0 aromatic carbocycles. The molecule has 0 bridgehead atoms. The first-order valence-electron chi connectivity index (χ1n) is 2.02. The van der Waals surface area contributed by atoms with Crippen molar-refractivity contribution in [2.24, 2.45) is 0 Å². The SMILES string of the molecule is O=C(O)c1cnc[nH]1.[KH]. The number of nitrogens with one attached hydrogen (secondary N) is 1. The number of hydrogen-bond acceptors (Lipinski definition) is 2. The van der Waals surface area contributed by atoms with Crippen LogP contribution in [-0.2, 0) is 0 Å². The molecule has 2 N–H and O–H groups in total. The van der Waals surface area contributed by atoms with Crippen molar-refractivity contribution in [2.45, 2.75) is 0 Å². The van der Waals surface area contributed by atoms with E-state index in [0.29, 0.717) is 0 Å². The number of nitrogens with zero attached hydrogens (tertiary/aromatic N) is 1. The maximum absolute atomic E-state index is 9.99. The number of carbonyl (C=O) groups is 1. The number of rotatable bonds is 1. The predicted molar refractivity (Wildman–Crippen MR) is 32.7 cm³/mol. The molecule has 0 amide bonds. The first-order valence-corrected chi connectivity index (χ1v) is 2.02. The summed E-state index contributed by atoms with van der Waals surface area (Å²) in [6.07, 6.45) is 2.58. The molecule has 1 aromatic heterocycles. The average Bonchev–Trinajstić information content (AvgIpc) is 2.12. The molecule has 0 fully saturated rings. The van der Waals surface area contributed by atoms with Crippen molar-refractivity contribution < 1.29 is 9.90 Å². The molecule has 5 heteroatoms. The molecule has 0 saturated heterocycles. The Morgan fingerprint density at radius 3 is 2.67 bits per heavy atom. The van der Waals surface area contributed by atoms with Gasteiger partial charge in [-0.1, -0.05) is 0 Å². The fourth-order valence-electron chi connectivity index (χ4n) is 0.373. The van der Waals surface area contributed by atoms with Crippen LogP contribution in [0.1, 0.15) is 10.5 Å². The molecule has 0 radical (unpaired) electrons. The van der Waals surface area contributed by atoms with Crippen LogP contribution in [0.2, 0.25) is 0 Å². The Morgan fingerprint density at radius 2 is 2.44 bits per heavy atom. The van der Waals surface area contributed by atoms with E-state index < -0.39 is 5.97 Å². The van der Waals surface area contributed by atoms with Crippen LogP contribution in [0.5, 0.6) is 0 Å². The van der Waals surface area contributed by atoms with Crippen LogP contribution in [0.25, 0.3) is 0 Å². The zero-order chi connectivity index (χ0) is 5.98. The molecule has 9 heavy (non-hydrogen) atoms. The van der Waals surface area contributed by atoms with Crippen LogP contribution in [0.3, 0.4) is 0 Å². The summed E-state index contributed by atoms with van der Waals surface area (Å²) in [5.41, 5.74) is 0.116. The number of aromatic carboxylic acids is 1. The standard InChI is InChI=1S/C4H4N2O2.K.H/c7-4(8)3-1-5-2-6-3;;/h1-2H,(H,5,6)(H,7,8);;. The fourth-order valence-corrected chi connectivity index (χ4v) is 0.373. The maximum atomic E-state index is 9.99. The quantitative estimate of drug-likeness (QED) is 0.531. The number of carboxylic acids is 1. The molecule has 0 aliphatic carbocycles. The number of aromatic amines is 1. The van der Waals surface area contributed by atoms with Gasteiger partial charge in [0.15, 0.2) is 0 Å². The van der Waals surface area contributed by atoms with Gasteiger partial charge in [0, 0.05) is 0 Å². The third-order valence-electron chi connectivity index (χ3n) is 0.729. The third kappa shape index (κ3) is 2.59. The first kappa shape index (κ1) is 9.32. The summed E-state index contributed by atoms with van der Waals surface area (Å²) in [6.45, 7) is 0. The van der Waals surface area contributed by atoms with Crippen molar-refractivity contribution in [1.29, 1.82) is 0 Å². The topological polar surface area (TPSA) is 66.0 Å². The van der Waals surface area contributed by atoms with Gasteiger partial charge in [0.2, 0.25) is 0 Å². The third-order valence-corrected chi connectivity index (χ3v) is 0.729. The van der Waals surface area contributed by atoms with Crippen molar-refractivity contribution in [1.82, 2.24) is 9.97 Å². The number of aromatic nitrogens is 2. The summed E-state index contributed by atoms with van der Waals surface area (Å²) < 4.78 is 0. The van der Waals surface area contributed by atoms with E-state index in [9.17, 15) is 4.79 Å². The summed E-state index contributed by atoms with van der Waals surface area (Å²) in [6, 6.07) is 0. The normalized spacial score (nSPS) is 8.00. The molecule has 1 aromatic rings. The van der Waals surface area contributed by atoms with Crippen molar-refractivity contribution in [3.63, 3.8) is 0 Å². The Balaban J connectivity index is 0.000000640. The van der Waals surface area contributed by atoms with Gasteiger partial charge >= 0.3 is 57.4 Å². The average molecular weight is 152 g/mol. The number of hydrogen-bond donors (Lipinski definition) is 2. The fraction of sp³-hybridized carbons (Fsp3) is 0. The van der Waals surface area contributed by atoms with Gasteiger partial charge in [-0.2, -0.15) is 0 Å². The van der Waals surface area contributed by atoms with E-state index in [1.807, 2.05) is 0 Å². The summed E-state index contributed by atoms with van der Waals surface area (Å²) in [7, 11) is 0. The van der Waals surface area contributed by atoms with Crippen LogP contribution >= 0.6 is 0 Å². The second kappa shape index (κ2) is 4.18. The predicted octanol–water partition coefficient (Wildman–Crippen LogP) is -0.541. The van der Waals surface area contributed by atoms with E-state index in [4.69, 9.17) is 5.11 Å². The number of H-pyrrole nitrogens is 1. The molecule has 0 saturated carbocycles. The van der Waals surface area contributed by atoms with E-state index in [0.717, 1.165) is 0 Å². The van der Waals surface area contributed by atoms with Crippen molar-refractivity contribution in [3.05, 3.63) is 18.2 Å². The van der Waals surface area contributed by atoms with E-state index >= 15 is 0 Å². The van der Waals surface area contributed by atoms with Crippen LogP contribution in [0, 0.1) is 0 Å². The van der Waals surface area contributed by atoms with Gasteiger partial charge in [-0.25, -0.2) is 9.78 Å². The minimum absolute atomic E-state index is 0. The molecule has 1 rings (SSSR count). The second-order valence-corrected chi connectivity index (χ2v) is 1.27. The zero-order valence-electron chi connectivity index (χ0n) is 3.96. The van der Waals surface area contributed by atoms with Crippen LogP contribution in [-0.4, -0.2) is 72.4 Å². The van der Waals surface area contributed by atoms with Crippen molar-refractivity contribution in [2.75, 3.05) is 0 Å². The molecule has 0 unspecified atom stereocenters. The second-order valence-electron chi connectivity index (χ2n) is 1.27. The van der Waals surface area contributed by atoms with E-state index in [1.54, 1.807) is 0 Å². The van der Waals surface area contributed by atoms with Gasteiger partial charge in [0.25, 0.3) is 0 Å². The van der Waals surface area contributed by atoms with Crippen molar-refractivity contribution >= 4 is 57.4 Å². The molecule has 0 aliphatic rings. The van der Waals surface area contributed by atoms with Gasteiger partial charge < -0.3 is 10.1 Å². The van der Waals surface area contributed by atoms with Gasteiger partial charge in [0.1, 0.15) is 5.69 Å². The monoisotopic (exact) mass is 152 g/mol. The molecule has 0 atom stereocenters. The summed E-state index contributed by atoms with van der Waals surface area (Å²) in [5.74, 6) is -0.984. The Bertz CT molecular complexity index is 184. The van der Waals surface area contributed by atoms with E-state index in [-0.39, 0.29) is 57.1 Å². The van der Waals surface area contributed by atoms with E-state index in [2.05, 4.69) is 9.97 Å². The van der Waals surface area contributed by atoms with Crippen molar-refractivity contribution in [3.8, 4) is 0 Å². The molecule has 0 aliphatic heterocycles. The van der Waals surface area contributed by atoms with Gasteiger partial charge in [-0.05, 0) is 0 Å². The molecule has 4 nitrogen and oxygen atoms in total.